The Bertz CT molecular complexity index is 188. The van der Waals surface area contributed by atoms with Crippen molar-refractivity contribution >= 4 is 0 Å². The van der Waals surface area contributed by atoms with E-state index in [1.165, 1.54) is 51.4 Å². The van der Waals surface area contributed by atoms with Crippen LogP contribution >= 0.6 is 0 Å². The van der Waals surface area contributed by atoms with Crippen LogP contribution in [0, 0.1) is 11.8 Å². The first-order valence-corrected chi connectivity index (χ1v) is 7.76. The molecule has 17 heavy (non-hydrogen) atoms. The van der Waals surface area contributed by atoms with Crippen molar-refractivity contribution in [2.45, 2.75) is 86.0 Å². The normalized spacial score (nSPS) is 14.4. The summed E-state index contributed by atoms with van der Waals surface area (Å²) in [6.07, 6.45) is 13.7. The van der Waals surface area contributed by atoms with E-state index in [1.54, 1.807) is 5.57 Å². The molecule has 0 aliphatic carbocycles. The third-order valence-electron chi connectivity index (χ3n) is 3.99. The van der Waals surface area contributed by atoms with Crippen LogP contribution in [0.1, 0.15) is 86.0 Å². The maximum Gasteiger partial charge on any atom is -0.0211 e. The van der Waals surface area contributed by atoms with Crippen LogP contribution in [-0.2, 0) is 0 Å². The van der Waals surface area contributed by atoms with Crippen molar-refractivity contribution in [1.82, 2.24) is 0 Å². The van der Waals surface area contributed by atoms with Gasteiger partial charge in [0.25, 0.3) is 0 Å². The highest BCUT2D eigenvalue weighted by Crippen LogP contribution is 2.20. The van der Waals surface area contributed by atoms with E-state index in [1.807, 2.05) is 0 Å². The van der Waals surface area contributed by atoms with E-state index in [0.29, 0.717) is 0 Å². The van der Waals surface area contributed by atoms with Crippen LogP contribution in [0.3, 0.4) is 0 Å². The predicted octanol–water partition coefficient (Wildman–Crippen LogP) is 6.37. The zero-order valence-electron chi connectivity index (χ0n) is 12.9. The van der Waals surface area contributed by atoms with Crippen molar-refractivity contribution in [2.24, 2.45) is 11.8 Å². The van der Waals surface area contributed by atoms with Crippen LogP contribution in [0.5, 0.6) is 0 Å². The lowest BCUT2D eigenvalue weighted by atomic mass is 9.90. The smallest absolute Gasteiger partial charge is 0.0211 e. The van der Waals surface area contributed by atoms with Gasteiger partial charge in [-0.15, -0.1) is 0 Å². The summed E-state index contributed by atoms with van der Waals surface area (Å²) in [5, 5.41) is 0. The van der Waals surface area contributed by atoms with Crippen LogP contribution in [0.25, 0.3) is 0 Å². The fraction of sp³-hybridized carbons (Fsp3) is 0.882. The molecule has 0 heterocycles. The monoisotopic (exact) mass is 238 g/mol. The van der Waals surface area contributed by atoms with Gasteiger partial charge < -0.3 is 0 Å². The first-order chi connectivity index (χ1) is 8.09. The summed E-state index contributed by atoms with van der Waals surface area (Å²) >= 11 is 0. The van der Waals surface area contributed by atoms with Crippen LogP contribution in [-0.4, -0.2) is 0 Å². The van der Waals surface area contributed by atoms with Gasteiger partial charge in [-0.2, -0.15) is 0 Å². The highest BCUT2D eigenvalue weighted by atomic mass is 14.1. The Hall–Kier alpha value is -0.260. The molecular formula is C17H34. The maximum atomic E-state index is 2.47. The Labute approximate surface area is 110 Å². The molecule has 0 radical (unpaired) electrons. The molecule has 1 unspecified atom stereocenters. The third-order valence-corrected chi connectivity index (χ3v) is 3.99. The van der Waals surface area contributed by atoms with Crippen molar-refractivity contribution in [1.29, 1.82) is 0 Å². The summed E-state index contributed by atoms with van der Waals surface area (Å²) in [4.78, 5) is 0. The van der Waals surface area contributed by atoms with E-state index >= 15 is 0 Å². The van der Waals surface area contributed by atoms with Gasteiger partial charge in [-0.25, -0.2) is 0 Å². The van der Waals surface area contributed by atoms with Crippen LogP contribution < -0.4 is 0 Å². The molecule has 0 N–H and O–H groups in total. The lowest BCUT2D eigenvalue weighted by Crippen LogP contribution is -2.04. The van der Waals surface area contributed by atoms with E-state index in [-0.39, 0.29) is 0 Å². The highest BCUT2D eigenvalue weighted by molar-refractivity contribution is 5.02. The standard InChI is InChI=1S/C17H34/c1-6-7-8-9-10-11-12-13-14-16(4)17(5)15(2)3/h14-15,17H,6-13H2,1-5H3. The molecule has 0 saturated heterocycles. The summed E-state index contributed by atoms with van der Waals surface area (Å²) in [7, 11) is 0. The molecule has 0 heteroatoms. The SMILES string of the molecule is CCCCCCCCCC=C(C)C(C)C(C)C. The van der Waals surface area contributed by atoms with E-state index in [0.717, 1.165) is 11.8 Å². The molecule has 0 saturated carbocycles. The zero-order valence-corrected chi connectivity index (χ0v) is 12.9. The molecule has 0 aliphatic heterocycles. The van der Waals surface area contributed by atoms with Crippen molar-refractivity contribution < 1.29 is 0 Å². The molecular weight excluding hydrogens is 204 g/mol. The molecule has 0 aromatic rings. The molecule has 0 amide bonds. The van der Waals surface area contributed by atoms with Crippen molar-refractivity contribution in [3.05, 3.63) is 11.6 Å². The van der Waals surface area contributed by atoms with E-state index in [2.05, 4.69) is 40.7 Å². The lowest BCUT2D eigenvalue weighted by Gasteiger charge is -2.16. The van der Waals surface area contributed by atoms with Gasteiger partial charge >= 0.3 is 0 Å². The van der Waals surface area contributed by atoms with Crippen molar-refractivity contribution in [3.8, 4) is 0 Å². The van der Waals surface area contributed by atoms with Gasteiger partial charge in [0.1, 0.15) is 0 Å². The van der Waals surface area contributed by atoms with Crippen LogP contribution in [0.2, 0.25) is 0 Å². The van der Waals surface area contributed by atoms with E-state index in [4.69, 9.17) is 0 Å². The minimum Gasteiger partial charge on any atom is -0.0853 e. The van der Waals surface area contributed by atoms with E-state index < -0.39 is 0 Å². The Morgan fingerprint density at radius 1 is 0.882 bits per heavy atom. The second-order valence-electron chi connectivity index (χ2n) is 5.89. The minimum atomic E-state index is 0.750. The topological polar surface area (TPSA) is 0 Å². The first-order valence-electron chi connectivity index (χ1n) is 7.76. The summed E-state index contributed by atoms with van der Waals surface area (Å²) in [5.41, 5.74) is 1.59. The Balaban J connectivity index is 3.46. The molecule has 0 aliphatic rings. The number of hydrogen-bond donors (Lipinski definition) is 0. The minimum absolute atomic E-state index is 0.750. The largest absolute Gasteiger partial charge is 0.0853 e. The number of allylic oxidation sites excluding steroid dienone is 2. The second-order valence-corrected chi connectivity index (χ2v) is 5.89. The van der Waals surface area contributed by atoms with Gasteiger partial charge in [-0.05, 0) is 31.6 Å². The van der Waals surface area contributed by atoms with Crippen molar-refractivity contribution in [2.75, 3.05) is 0 Å². The lowest BCUT2D eigenvalue weighted by molar-refractivity contribution is 0.478. The Kier molecular flexibility index (Phi) is 10.7. The predicted molar refractivity (Wildman–Crippen MR) is 80.4 cm³/mol. The fourth-order valence-electron chi connectivity index (χ4n) is 2.14. The van der Waals surface area contributed by atoms with Gasteiger partial charge in [0.2, 0.25) is 0 Å². The molecule has 0 rings (SSSR count). The van der Waals surface area contributed by atoms with Gasteiger partial charge in [0.15, 0.2) is 0 Å². The average Bonchev–Trinajstić information content (AvgIpc) is 2.31. The maximum absolute atomic E-state index is 2.47. The second kappa shape index (κ2) is 10.9. The molecule has 0 fully saturated rings. The fourth-order valence-corrected chi connectivity index (χ4v) is 2.14. The van der Waals surface area contributed by atoms with Gasteiger partial charge in [0, 0.05) is 0 Å². The zero-order chi connectivity index (χ0) is 13.1. The summed E-state index contributed by atoms with van der Waals surface area (Å²) in [6, 6.07) is 0. The highest BCUT2D eigenvalue weighted by Gasteiger charge is 2.07. The number of unbranched alkanes of at least 4 members (excludes halogenated alkanes) is 7. The Morgan fingerprint density at radius 2 is 1.41 bits per heavy atom. The third kappa shape index (κ3) is 9.44. The number of rotatable bonds is 10. The van der Waals surface area contributed by atoms with Gasteiger partial charge in [-0.1, -0.05) is 77.9 Å². The average molecular weight is 238 g/mol. The molecule has 0 nitrogen and oxygen atoms in total. The summed E-state index contributed by atoms with van der Waals surface area (Å²) in [6.45, 7) is 11.6. The van der Waals surface area contributed by atoms with Crippen LogP contribution in [0.4, 0.5) is 0 Å². The first kappa shape index (κ1) is 16.7. The molecule has 0 aromatic carbocycles. The van der Waals surface area contributed by atoms with Gasteiger partial charge in [-0.3, -0.25) is 0 Å². The molecule has 0 aromatic heterocycles. The summed E-state index contributed by atoms with van der Waals surface area (Å²) in [5.74, 6) is 1.53. The number of hydrogen-bond acceptors (Lipinski definition) is 0. The molecule has 0 bridgehead atoms. The van der Waals surface area contributed by atoms with Crippen LogP contribution in [0.15, 0.2) is 11.6 Å². The molecule has 1 atom stereocenters. The summed E-state index contributed by atoms with van der Waals surface area (Å²) < 4.78 is 0. The van der Waals surface area contributed by atoms with E-state index in [9.17, 15) is 0 Å². The quantitative estimate of drug-likeness (QED) is 0.306. The van der Waals surface area contributed by atoms with Crippen molar-refractivity contribution in [3.63, 3.8) is 0 Å². The molecule has 102 valence electrons. The molecule has 0 spiro atoms. The van der Waals surface area contributed by atoms with Gasteiger partial charge in [0.05, 0.1) is 0 Å². The Morgan fingerprint density at radius 3 is 1.94 bits per heavy atom.